The van der Waals surface area contributed by atoms with Gasteiger partial charge in [0.2, 0.25) is 0 Å². The molecule has 1 rings (SSSR count). The van der Waals surface area contributed by atoms with Crippen LogP contribution in [-0.4, -0.2) is 25.2 Å². The molecule has 1 aromatic carbocycles. The fourth-order valence-corrected chi connectivity index (χ4v) is 1.56. The number of nitriles is 1. The van der Waals surface area contributed by atoms with E-state index in [-0.39, 0.29) is 23.3 Å². The van der Waals surface area contributed by atoms with Gasteiger partial charge in [0.05, 0.1) is 18.6 Å². The molecule has 112 valence electrons. The quantitative estimate of drug-likeness (QED) is 0.616. The van der Waals surface area contributed by atoms with Crippen molar-refractivity contribution in [1.82, 2.24) is 0 Å². The number of hydrogen-bond donors (Lipinski definition) is 0. The molecule has 0 spiro atoms. The Hall–Kier alpha value is -2.56. The lowest BCUT2D eigenvalue weighted by Gasteiger charge is -2.14. The standard InChI is InChI=1S/C13H10F3NO4/c1-2-20-12(19)5-8-3-10(7-18)9(6-17)4-11(8)21-13(14,15)16/h3-4,7H,2,5H2,1H3. The number of benzene rings is 1. The number of aldehydes is 1. The van der Waals surface area contributed by atoms with Gasteiger partial charge in [0, 0.05) is 11.1 Å². The van der Waals surface area contributed by atoms with Crippen LogP contribution in [0.25, 0.3) is 0 Å². The van der Waals surface area contributed by atoms with Gasteiger partial charge in [-0.3, -0.25) is 9.59 Å². The number of carbonyl (C=O) groups excluding carboxylic acids is 2. The summed E-state index contributed by atoms with van der Waals surface area (Å²) in [5.41, 5.74) is -0.602. The summed E-state index contributed by atoms with van der Waals surface area (Å²) in [4.78, 5) is 22.2. The van der Waals surface area contributed by atoms with Crippen LogP contribution >= 0.6 is 0 Å². The van der Waals surface area contributed by atoms with Crippen molar-refractivity contribution in [2.75, 3.05) is 6.61 Å². The highest BCUT2D eigenvalue weighted by Crippen LogP contribution is 2.29. The molecule has 0 fully saturated rings. The van der Waals surface area contributed by atoms with Crippen LogP contribution in [0.5, 0.6) is 5.75 Å². The van der Waals surface area contributed by atoms with Crippen LogP contribution in [0.15, 0.2) is 12.1 Å². The van der Waals surface area contributed by atoms with E-state index in [0.29, 0.717) is 6.29 Å². The number of nitrogens with zero attached hydrogens (tertiary/aromatic N) is 1. The molecule has 8 heteroatoms. The third-order valence-corrected chi connectivity index (χ3v) is 2.35. The van der Waals surface area contributed by atoms with Crippen molar-refractivity contribution in [3.05, 3.63) is 28.8 Å². The van der Waals surface area contributed by atoms with Crippen LogP contribution < -0.4 is 4.74 Å². The number of ether oxygens (including phenoxy) is 2. The van der Waals surface area contributed by atoms with E-state index >= 15 is 0 Å². The summed E-state index contributed by atoms with van der Waals surface area (Å²) in [7, 11) is 0. The molecule has 21 heavy (non-hydrogen) atoms. The first kappa shape index (κ1) is 16.5. The largest absolute Gasteiger partial charge is 0.573 e. The van der Waals surface area contributed by atoms with E-state index in [1.54, 1.807) is 13.0 Å². The van der Waals surface area contributed by atoms with Crippen molar-refractivity contribution in [3.8, 4) is 11.8 Å². The molecule has 0 unspecified atom stereocenters. The molecule has 0 aromatic heterocycles. The zero-order valence-corrected chi connectivity index (χ0v) is 10.9. The van der Waals surface area contributed by atoms with Gasteiger partial charge in [-0.2, -0.15) is 5.26 Å². The minimum absolute atomic E-state index is 0.0606. The maximum absolute atomic E-state index is 12.3. The van der Waals surface area contributed by atoms with Gasteiger partial charge in [0.15, 0.2) is 6.29 Å². The summed E-state index contributed by atoms with van der Waals surface area (Å²) in [5, 5.41) is 8.79. The Morgan fingerprint density at radius 1 is 1.43 bits per heavy atom. The highest BCUT2D eigenvalue weighted by Gasteiger charge is 2.33. The lowest BCUT2D eigenvalue weighted by molar-refractivity contribution is -0.274. The number of alkyl halides is 3. The minimum atomic E-state index is -4.99. The molecule has 0 atom stereocenters. The van der Waals surface area contributed by atoms with Crippen LogP contribution in [0.3, 0.4) is 0 Å². The Morgan fingerprint density at radius 2 is 2.10 bits per heavy atom. The summed E-state index contributed by atoms with van der Waals surface area (Å²) < 4.78 is 45.4. The fraction of sp³-hybridized carbons (Fsp3) is 0.308. The van der Waals surface area contributed by atoms with Gasteiger partial charge in [-0.15, -0.1) is 13.2 Å². The highest BCUT2D eigenvalue weighted by atomic mass is 19.4. The molecule has 0 aliphatic rings. The Labute approximate surface area is 117 Å². The van der Waals surface area contributed by atoms with Crippen molar-refractivity contribution in [2.24, 2.45) is 0 Å². The molecule has 5 nitrogen and oxygen atoms in total. The molecule has 0 radical (unpaired) electrons. The number of hydrogen-bond acceptors (Lipinski definition) is 5. The summed E-state index contributed by atoms with van der Waals surface area (Å²) >= 11 is 0. The van der Waals surface area contributed by atoms with Crippen molar-refractivity contribution < 1.29 is 32.2 Å². The smallest absolute Gasteiger partial charge is 0.466 e. The van der Waals surface area contributed by atoms with Gasteiger partial charge in [-0.05, 0) is 19.1 Å². The van der Waals surface area contributed by atoms with Crippen LogP contribution in [0.1, 0.15) is 28.4 Å². The van der Waals surface area contributed by atoms with Crippen LogP contribution in [0.4, 0.5) is 13.2 Å². The van der Waals surface area contributed by atoms with E-state index < -0.39 is 24.5 Å². The molecule has 0 aliphatic carbocycles. The maximum atomic E-state index is 12.3. The average molecular weight is 301 g/mol. The van der Waals surface area contributed by atoms with Gasteiger partial charge in [0.1, 0.15) is 11.8 Å². The van der Waals surface area contributed by atoms with E-state index in [1.165, 1.54) is 0 Å². The third kappa shape index (κ3) is 4.80. The lowest BCUT2D eigenvalue weighted by atomic mass is 10.0. The Bertz CT molecular complexity index is 590. The Morgan fingerprint density at radius 3 is 2.57 bits per heavy atom. The van der Waals surface area contributed by atoms with Crippen LogP contribution in [0.2, 0.25) is 0 Å². The molecular formula is C13H10F3NO4. The second kappa shape index (κ2) is 6.74. The molecule has 1 aromatic rings. The number of esters is 1. The summed E-state index contributed by atoms with van der Waals surface area (Å²) in [6.07, 6.45) is -5.19. The van der Waals surface area contributed by atoms with Gasteiger partial charge in [0.25, 0.3) is 0 Å². The topological polar surface area (TPSA) is 76.4 Å². The number of carbonyl (C=O) groups is 2. The molecule has 0 aliphatic heterocycles. The molecule has 0 saturated carbocycles. The predicted molar refractivity (Wildman–Crippen MR) is 63.6 cm³/mol. The van der Waals surface area contributed by atoms with Gasteiger partial charge < -0.3 is 9.47 Å². The summed E-state index contributed by atoms with van der Waals surface area (Å²) in [6.45, 7) is 1.60. The van der Waals surface area contributed by atoms with E-state index in [1.807, 2.05) is 0 Å². The van der Waals surface area contributed by atoms with Crippen LogP contribution in [0, 0.1) is 11.3 Å². The van der Waals surface area contributed by atoms with E-state index in [4.69, 9.17) is 5.26 Å². The number of halogens is 3. The predicted octanol–water partition coefficient (Wildman–Crippen LogP) is 2.37. The van der Waals surface area contributed by atoms with E-state index in [2.05, 4.69) is 9.47 Å². The number of rotatable bonds is 5. The van der Waals surface area contributed by atoms with Crippen molar-refractivity contribution in [3.63, 3.8) is 0 Å². The van der Waals surface area contributed by atoms with Gasteiger partial charge in [-0.25, -0.2) is 0 Å². The first-order chi connectivity index (χ1) is 9.80. The van der Waals surface area contributed by atoms with Crippen LogP contribution in [-0.2, 0) is 16.0 Å². The normalized spacial score (nSPS) is 10.6. The molecule has 0 amide bonds. The third-order valence-electron chi connectivity index (χ3n) is 2.35. The fourth-order valence-electron chi connectivity index (χ4n) is 1.56. The van der Waals surface area contributed by atoms with Gasteiger partial charge in [-0.1, -0.05) is 0 Å². The second-order valence-corrected chi connectivity index (χ2v) is 3.81. The molecular weight excluding hydrogens is 291 g/mol. The van der Waals surface area contributed by atoms with Crippen molar-refractivity contribution in [2.45, 2.75) is 19.7 Å². The van der Waals surface area contributed by atoms with Crippen molar-refractivity contribution in [1.29, 1.82) is 5.26 Å². The zero-order valence-electron chi connectivity index (χ0n) is 10.9. The second-order valence-electron chi connectivity index (χ2n) is 3.81. The van der Waals surface area contributed by atoms with Crippen molar-refractivity contribution >= 4 is 12.3 Å². The van der Waals surface area contributed by atoms with E-state index in [9.17, 15) is 22.8 Å². The van der Waals surface area contributed by atoms with E-state index in [0.717, 1.165) is 12.1 Å². The zero-order chi connectivity index (χ0) is 16.0. The average Bonchev–Trinajstić information content (AvgIpc) is 2.38. The highest BCUT2D eigenvalue weighted by molar-refractivity contribution is 5.82. The Kier molecular flexibility index (Phi) is 5.30. The SMILES string of the molecule is CCOC(=O)Cc1cc(C=O)c(C#N)cc1OC(F)(F)F. The first-order valence-corrected chi connectivity index (χ1v) is 5.74. The molecule has 0 saturated heterocycles. The lowest BCUT2D eigenvalue weighted by Crippen LogP contribution is -2.19. The molecule has 0 N–H and O–H groups in total. The monoisotopic (exact) mass is 301 g/mol. The van der Waals surface area contributed by atoms with Gasteiger partial charge >= 0.3 is 12.3 Å². The first-order valence-electron chi connectivity index (χ1n) is 5.74. The minimum Gasteiger partial charge on any atom is -0.466 e. The molecule has 0 bridgehead atoms. The Balaban J connectivity index is 3.26. The maximum Gasteiger partial charge on any atom is 0.573 e. The molecule has 0 heterocycles. The summed E-state index contributed by atoms with van der Waals surface area (Å²) in [6, 6.07) is 3.36. The summed E-state index contributed by atoms with van der Waals surface area (Å²) in [5.74, 6) is -1.48.